The highest BCUT2D eigenvalue weighted by Gasteiger charge is 2.16. The number of benzene rings is 1. The molecule has 0 atom stereocenters. The fourth-order valence-corrected chi connectivity index (χ4v) is 3.12. The van der Waals surface area contributed by atoms with E-state index in [9.17, 15) is 4.79 Å². The van der Waals surface area contributed by atoms with E-state index in [4.69, 9.17) is 4.74 Å². The Morgan fingerprint density at radius 3 is 2.74 bits per heavy atom. The summed E-state index contributed by atoms with van der Waals surface area (Å²) in [5, 5.41) is 12.3. The smallest absolute Gasteiger partial charge is 0.282 e. The van der Waals surface area contributed by atoms with Gasteiger partial charge in [-0.05, 0) is 12.5 Å². The van der Waals surface area contributed by atoms with Crippen molar-refractivity contribution in [1.82, 2.24) is 20.4 Å². The highest BCUT2D eigenvalue weighted by molar-refractivity contribution is 7.13. The molecule has 1 saturated heterocycles. The third-order valence-corrected chi connectivity index (χ3v) is 4.60. The summed E-state index contributed by atoms with van der Waals surface area (Å²) >= 11 is 1.36. The molecule has 1 aromatic heterocycles. The third-order valence-electron chi connectivity index (χ3n) is 3.70. The molecule has 122 valence electrons. The molecule has 1 aromatic carbocycles. The van der Waals surface area contributed by atoms with Crippen LogP contribution in [0.2, 0.25) is 0 Å². The van der Waals surface area contributed by atoms with Crippen LogP contribution in [-0.4, -0.2) is 47.3 Å². The number of morpholine rings is 1. The van der Waals surface area contributed by atoms with E-state index in [0.29, 0.717) is 11.6 Å². The maximum atomic E-state index is 12.2. The molecule has 23 heavy (non-hydrogen) atoms. The van der Waals surface area contributed by atoms with Crippen molar-refractivity contribution in [2.45, 2.75) is 20.0 Å². The van der Waals surface area contributed by atoms with E-state index in [1.807, 2.05) is 31.2 Å². The standard InChI is InChI=1S/C16H20N4O2S/c1-12-2-4-13(5-3-12)10-17-15(21)16-19-18-14(23-16)11-20-6-8-22-9-7-20/h2-5H,6-11H2,1H3,(H,17,21). The van der Waals surface area contributed by atoms with E-state index < -0.39 is 0 Å². The number of amides is 1. The molecule has 0 aliphatic carbocycles. The number of ether oxygens (including phenoxy) is 1. The monoisotopic (exact) mass is 332 g/mol. The van der Waals surface area contributed by atoms with Crippen LogP contribution in [0.15, 0.2) is 24.3 Å². The molecule has 0 unspecified atom stereocenters. The van der Waals surface area contributed by atoms with Gasteiger partial charge in [0.05, 0.1) is 19.8 Å². The molecule has 7 heteroatoms. The maximum Gasteiger partial charge on any atom is 0.282 e. The Kier molecular flexibility index (Phi) is 5.32. The summed E-state index contributed by atoms with van der Waals surface area (Å²) in [6.07, 6.45) is 0. The van der Waals surface area contributed by atoms with E-state index in [-0.39, 0.29) is 5.91 Å². The number of hydrogen-bond acceptors (Lipinski definition) is 6. The summed E-state index contributed by atoms with van der Waals surface area (Å²) in [4.78, 5) is 14.4. The van der Waals surface area contributed by atoms with Gasteiger partial charge in [-0.25, -0.2) is 0 Å². The minimum absolute atomic E-state index is 0.170. The lowest BCUT2D eigenvalue weighted by atomic mass is 10.1. The normalized spacial score (nSPS) is 15.5. The van der Waals surface area contributed by atoms with Crippen LogP contribution in [0.5, 0.6) is 0 Å². The first-order valence-corrected chi connectivity index (χ1v) is 8.48. The van der Waals surface area contributed by atoms with Crippen LogP contribution in [0.1, 0.15) is 25.9 Å². The van der Waals surface area contributed by atoms with Crippen LogP contribution in [0.3, 0.4) is 0 Å². The Bertz CT molecular complexity index is 650. The summed E-state index contributed by atoms with van der Waals surface area (Å²) < 4.78 is 5.32. The highest BCUT2D eigenvalue weighted by Crippen LogP contribution is 2.13. The molecule has 1 fully saturated rings. The first-order chi connectivity index (χ1) is 11.2. The molecular weight excluding hydrogens is 312 g/mol. The zero-order valence-corrected chi connectivity index (χ0v) is 13.9. The first kappa shape index (κ1) is 16.0. The molecule has 6 nitrogen and oxygen atoms in total. The Morgan fingerprint density at radius 2 is 2.00 bits per heavy atom. The number of aryl methyl sites for hydroxylation is 1. The van der Waals surface area contributed by atoms with Crippen molar-refractivity contribution in [3.63, 3.8) is 0 Å². The van der Waals surface area contributed by atoms with Crippen LogP contribution in [0.25, 0.3) is 0 Å². The molecule has 3 rings (SSSR count). The number of nitrogens with one attached hydrogen (secondary N) is 1. The van der Waals surface area contributed by atoms with Crippen LogP contribution in [0.4, 0.5) is 0 Å². The topological polar surface area (TPSA) is 67.4 Å². The molecule has 1 amide bonds. The second-order valence-electron chi connectivity index (χ2n) is 5.56. The molecule has 2 heterocycles. The largest absolute Gasteiger partial charge is 0.379 e. The molecule has 1 N–H and O–H groups in total. The van der Waals surface area contributed by atoms with Crippen molar-refractivity contribution in [1.29, 1.82) is 0 Å². The SMILES string of the molecule is Cc1ccc(CNC(=O)c2nnc(CN3CCOCC3)s2)cc1. The Labute approximate surface area is 139 Å². The van der Waals surface area contributed by atoms with Gasteiger partial charge in [-0.2, -0.15) is 0 Å². The fourth-order valence-electron chi connectivity index (χ4n) is 2.32. The lowest BCUT2D eigenvalue weighted by molar-refractivity contribution is 0.0341. The predicted octanol–water partition coefficient (Wildman–Crippen LogP) is 1.61. The second-order valence-corrected chi connectivity index (χ2v) is 6.62. The van der Waals surface area contributed by atoms with Gasteiger partial charge in [0, 0.05) is 19.6 Å². The van der Waals surface area contributed by atoms with Crippen molar-refractivity contribution >= 4 is 17.2 Å². The molecule has 0 radical (unpaired) electrons. The van der Waals surface area contributed by atoms with Crippen molar-refractivity contribution < 1.29 is 9.53 Å². The summed E-state index contributed by atoms with van der Waals surface area (Å²) in [6, 6.07) is 8.10. The van der Waals surface area contributed by atoms with Crippen molar-refractivity contribution in [2.75, 3.05) is 26.3 Å². The lowest BCUT2D eigenvalue weighted by Crippen LogP contribution is -2.35. The van der Waals surface area contributed by atoms with Gasteiger partial charge in [0.1, 0.15) is 5.01 Å². The molecular formula is C16H20N4O2S. The predicted molar refractivity (Wildman–Crippen MR) is 88.4 cm³/mol. The van der Waals surface area contributed by atoms with Gasteiger partial charge in [0.15, 0.2) is 0 Å². The van der Waals surface area contributed by atoms with Crippen molar-refractivity contribution in [2.24, 2.45) is 0 Å². The van der Waals surface area contributed by atoms with Gasteiger partial charge in [-0.1, -0.05) is 41.2 Å². The average molecular weight is 332 g/mol. The number of nitrogens with zero attached hydrogens (tertiary/aromatic N) is 3. The Balaban J connectivity index is 1.52. The van der Waals surface area contributed by atoms with Crippen LogP contribution in [-0.2, 0) is 17.8 Å². The summed E-state index contributed by atoms with van der Waals surface area (Å²) in [5.41, 5.74) is 2.28. The van der Waals surface area contributed by atoms with Crippen molar-refractivity contribution in [3.8, 4) is 0 Å². The van der Waals surface area contributed by atoms with E-state index in [1.54, 1.807) is 0 Å². The second kappa shape index (κ2) is 7.63. The van der Waals surface area contributed by atoms with Gasteiger partial charge < -0.3 is 10.1 Å². The molecule has 1 aliphatic heterocycles. The van der Waals surface area contributed by atoms with Gasteiger partial charge in [0.2, 0.25) is 5.01 Å². The molecule has 0 saturated carbocycles. The Hall–Kier alpha value is -1.83. The number of hydrogen-bond donors (Lipinski definition) is 1. The van der Waals surface area contributed by atoms with E-state index in [0.717, 1.165) is 43.4 Å². The quantitative estimate of drug-likeness (QED) is 0.901. The van der Waals surface area contributed by atoms with Gasteiger partial charge >= 0.3 is 0 Å². The van der Waals surface area contributed by atoms with Crippen LogP contribution in [0, 0.1) is 6.92 Å². The minimum Gasteiger partial charge on any atom is -0.379 e. The summed E-state index contributed by atoms with van der Waals surface area (Å²) in [6.45, 7) is 6.57. The Morgan fingerprint density at radius 1 is 1.26 bits per heavy atom. The maximum absolute atomic E-state index is 12.2. The summed E-state index contributed by atoms with van der Waals surface area (Å²) in [7, 11) is 0. The third kappa shape index (κ3) is 4.57. The number of carbonyl (C=O) groups is 1. The molecule has 0 bridgehead atoms. The van der Waals surface area contributed by atoms with Crippen molar-refractivity contribution in [3.05, 3.63) is 45.4 Å². The van der Waals surface area contributed by atoms with Gasteiger partial charge in [-0.15, -0.1) is 10.2 Å². The van der Waals surface area contributed by atoms with E-state index in [1.165, 1.54) is 16.9 Å². The zero-order valence-electron chi connectivity index (χ0n) is 13.1. The molecule has 2 aromatic rings. The van der Waals surface area contributed by atoms with E-state index in [2.05, 4.69) is 20.4 Å². The van der Waals surface area contributed by atoms with Gasteiger partial charge in [-0.3, -0.25) is 9.69 Å². The highest BCUT2D eigenvalue weighted by atomic mass is 32.1. The fraction of sp³-hybridized carbons (Fsp3) is 0.438. The molecule has 0 spiro atoms. The lowest BCUT2D eigenvalue weighted by Gasteiger charge is -2.25. The number of aromatic nitrogens is 2. The number of rotatable bonds is 5. The average Bonchev–Trinajstić information content (AvgIpc) is 3.03. The van der Waals surface area contributed by atoms with E-state index >= 15 is 0 Å². The summed E-state index contributed by atoms with van der Waals surface area (Å²) in [5.74, 6) is -0.170. The first-order valence-electron chi connectivity index (χ1n) is 7.67. The minimum atomic E-state index is -0.170. The van der Waals surface area contributed by atoms with Gasteiger partial charge in [0.25, 0.3) is 5.91 Å². The van der Waals surface area contributed by atoms with Crippen LogP contribution >= 0.6 is 11.3 Å². The van der Waals surface area contributed by atoms with Crippen LogP contribution < -0.4 is 5.32 Å². The zero-order chi connectivity index (χ0) is 16.1. The number of carbonyl (C=O) groups excluding carboxylic acids is 1. The molecule has 1 aliphatic rings.